The number of halogens is 1. The molecular weight excluding hydrogens is 348 g/mol. The summed E-state index contributed by atoms with van der Waals surface area (Å²) in [5, 5.41) is 1.07. The topological polar surface area (TPSA) is 46.5 Å². The van der Waals surface area contributed by atoms with Crippen LogP contribution in [0, 0.1) is 4.77 Å². The fraction of sp³-hybridized carbons (Fsp3) is 0. The lowest BCUT2D eigenvalue weighted by molar-refractivity contribution is 1.05. The molecule has 3 heterocycles. The van der Waals surface area contributed by atoms with Crippen LogP contribution in [0.4, 0.5) is 0 Å². The van der Waals surface area contributed by atoms with Gasteiger partial charge in [-0.3, -0.25) is 9.55 Å². The number of fused-ring (bicyclic) bond motifs is 2. The summed E-state index contributed by atoms with van der Waals surface area (Å²) in [6, 6.07) is 12.0. The minimum absolute atomic E-state index is 0.605. The molecule has 0 aliphatic heterocycles. The van der Waals surface area contributed by atoms with Crippen LogP contribution in [0.5, 0.6) is 0 Å². The number of nitrogens with zero attached hydrogens (tertiary/aromatic N) is 3. The second kappa shape index (κ2) is 4.75. The van der Waals surface area contributed by atoms with E-state index in [4.69, 9.17) is 12.2 Å². The highest BCUT2D eigenvalue weighted by molar-refractivity contribution is 9.10. The predicted octanol–water partition coefficient (Wildman–Crippen LogP) is 4.39. The van der Waals surface area contributed by atoms with Gasteiger partial charge in [0.15, 0.2) is 10.4 Å². The Hall–Kier alpha value is -2.05. The van der Waals surface area contributed by atoms with Crippen LogP contribution >= 0.6 is 28.1 Å². The molecule has 4 aromatic rings. The zero-order chi connectivity index (χ0) is 14.4. The van der Waals surface area contributed by atoms with Crippen LogP contribution in [0.1, 0.15) is 0 Å². The zero-order valence-electron chi connectivity index (χ0n) is 10.7. The first kappa shape index (κ1) is 12.7. The fourth-order valence-corrected chi connectivity index (χ4v) is 3.09. The molecule has 0 saturated carbocycles. The minimum atomic E-state index is 0.605. The quantitative estimate of drug-likeness (QED) is 0.514. The van der Waals surface area contributed by atoms with Crippen molar-refractivity contribution in [2.75, 3.05) is 0 Å². The van der Waals surface area contributed by atoms with Gasteiger partial charge in [0.25, 0.3) is 0 Å². The summed E-state index contributed by atoms with van der Waals surface area (Å²) >= 11 is 8.89. The van der Waals surface area contributed by atoms with E-state index in [-0.39, 0.29) is 0 Å². The molecule has 102 valence electrons. The number of H-pyrrole nitrogens is 1. The van der Waals surface area contributed by atoms with Gasteiger partial charge >= 0.3 is 0 Å². The Morgan fingerprint density at radius 3 is 2.90 bits per heavy atom. The standard InChI is InChI=1S/C15H9BrN4S/c16-10-7-11-14(18-8-10)20(15(21)19-11)12-5-1-3-9-4-2-6-17-13(9)12/h1-8H,(H,19,21). The molecule has 0 aliphatic rings. The molecule has 0 spiro atoms. The second-order valence-corrected chi connectivity index (χ2v) is 5.94. The highest BCUT2D eigenvalue weighted by Crippen LogP contribution is 2.25. The third-order valence-corrected chi connectivity index (χ3v) is 4.06. The molecule has 4 rings (SSSR count). The average molecular weight is 357 g/mol. The summed E-state index contributed by atoms with van der Waals surface area (Å²) in [4.78, 5) is 12.1. The molecule has 0 radical (unpaired) electrons. The smallest absolute Gasteiger partial charge is 0.184 e. The van der Waals surface area contributed by atoms with Gasteiger partial charge in [-0.15, -0.1) is 0 Å². The maximum atomic E-state index is 5.47. The van der Waals surface area contributed by atoms with Gasteiger partial charge in [-0.25, -0.2) is 4.98 Å². The molecule has 0 amide bonds. The van der Waals surface area contributed by atoms with E-state index < -0.39 is 0 Å². The van der Waals surface area contributed by atoms with Crippen LogP contribution < -0.4 is 0 Å². The number of nitrogens with one attached hydrogen (secondary N) is 1. The molecule has 0 fully saturated rings. The summed E-state index contributed by atoms with van der Waals surface area (Å²) < 4.78 is 3.44. The molecule has 0 atom stereocenters. The lowest BCUT2D eigenvalue weighted by Crippen LogP contribution is -1.97. The Labute approximate surface area is 133 Å². The highest BCUT2D eigenvalue weighted by atomic mass is 79.9. The lowest BCUT2D eigenvalue weighted by atomic mass is 10.2. The van der Waals surface area contributed by atoms with Gasteiger partial charge in [0.05, 0.1) is 16.7 Å². The van der Waals surface area contributed by atoms with E-state index in [1.54, 1.807) is 12.4 Å². The van der Waals surface area contributed by atoms with E-state index in [0.29, 0.717) is 4.77 Å². The van der Waals surface area contributed by atoms with Gasteiger partial charge < -0.3 is 4.98 Å². The number of hydrogen-bond donors (Lipinski definition) is 1. The Kier molecular flexibility index (Phi) is 2.87. The van der Waals surface area contributed by atoms with Crippen LogP contribution in [-0.4, -0.2) is 19.5 Å². The number of rotatable bonds is 1. The van der Waals surface area contributed by atoms with Gasteiger partial charge in [0.1, 0.15) is 0 Å². The summed E-state index contributed by atoms with van der Waals surface area (Å²) in [6.45, 7) is 0. The zero-order valence-corrected chi connectivity index (χ0v) is 13.1. The third-order valence-electron chi connectivity index (χ3n) is 3.34. The van der Waals surface area contributed by atoms with Crippen LogP contribution in [0.2, 0.25) is 0 Å². The molecule has 1 N–H and O–H groups in total. The van der Waals surface area contributed by atoms with E-state index >= 15 is 0 Å². The number of aromatic nitrogens is 4. The van der Waals surface area contributed by atoms with Crippen molar-refractivity contribution < 1.29 is 0 Å². The third kappa shape index (κ3) is 1.99. The van der Waals surface area contributed by atoms with Gasteiger partial charge in [0, 0.05) is 22.3 Å². The van der Waals surface area contributed by atoms with Gasteiger partial charge in [-0.2, -0.15) is 0 Å². The summed E-state index contributed by atoms with van der Waals surface area (Å²) in [6.07, 6.45) is 3.55. The largest absolute Gasteiger partial charge is 0.329 e. The maximum Gasteiger partial charge on any atom is 0.184 e. The molecule has 0 bridgehead atoms. The van der Waals surface area contributed by atoms with Crippen molar-refractivity contribution in [1.82, 2.24) is 19.5 Å². The Morgan fingerprint density at radius 2 is 2.00 bits per heavy atom. The summed E-state index contributed by atoms with van der Waals surface area (Å²) in [5.41, 5.74) is 3.52. The summed E-state index contributed by atoms with van der Waals surface area (Å²) in [5.74, 6) is 0. The van der Waals surface area contributed by atoms with Gasteiger partial charge in [-0.1, -0.05) is 18.2 Å². The van der Waals surface area contributed by atoms with Crippen molar-refractivity contribution >= 4 is 50.2 Å². The Bertz CT molecular complexity index is 1030. The van der Waals surface area contributed by atoms with E-state index in [2.05, 4.69) is 30.9 Å². The second-order valence-electron chi connectivity index (χ2n) is 4.64. The molecule has 1 aromatic carbocycles. The summed E-state index contributed by atoms with van der Waals surface area (Å²) in [7, 11) is 0. The first-order valence-electron chi connectivity index (χ1n) is 6.34. The lowest BCUT2D eigenvalue weighted by Gasteiger charge is -2.07. The van der Waals surface area contributed by atoms with Crippen molar-refractivity contribution in [2.45, 2.75) is 0 Å². The normalized spacial score (nSPS) is 11.3. The number of benzene rings is 1. The van der Waals surface area contributed by atoms with Gasteiger partial charge in [0.2, 0.25) is 0 Å². The highest BCUT2D eigenvalue weighted by Gasteiger charge is 2.11. The monoisotopic (exact) mass is 356 g/mol. The van der Waals surface area contributed by atoms with Crippen LogP contribution in [0.3, 0.4) is 0 Å². The van der Waals surface area contributed by atoms with Crippen LogP contribution in [-0.2, 0) is 0 Å². The number of aromatic amines is 1. The number of pyridine rings is 2. The van der Waals surface area contributed by atoms with Crippen LogP contribution in [0.25, 0.3) is 27.8 Å². The number of hydrogen-bond acceptors (Lipinski definition) is 3. The van der Waals surface area contributed by atoms with Crippen LogP contribution in [0.15, 0.2) is 53.3 Å². The Morgan fingerprint density at radius 1 is 1.14 bits per heavy atom. The number of imidazole rings is 1. The van der Waals surface area contributed by atoms with Crippen molar-refractivity contribution in [2.24, 2.45) is 0 Å². The van der Waals surface area contributed by atoms with Gasteiger partial charge in [-0.05, 0) is 46.3 Å². The van der Waals surface area contributed by atoms with Crippen molar-refractivity contribution in [3.8, 4) is 5.69 Å². The van der Waals surface area contributed by atoms with E-state index in [0.717, 1.165) is 32.2 Å². The van der Waals surface area contributed by atoms with E-state index in [1.807, 2.05) is 41.0 Å². The molecule has 0 unspecified atom stereocenters. The molecule has 6 heteroatoms. The molecular formula is C15H9BrN4S. The maximum absolute atomic E-state index is 5.47. The average Bonchev–Trinajstić information content (AvgIpc) is 2.81. The number of para-hydroxylation sites is 1. The molecule has 0 saturated heterocycles. The van der Waals surface area contributed by atoms with Crippen molar-refractivity contribution in [3.63, 3.8) is 0 Å². The molecule has 3 aromatic heterocycles. The first-order chi connectivity index (χ1) is 10.2. The van der Waals surface area contributed by atoms with E-state index in [1.165, 1.54) is 0 Å². The SMILES string of the molecule is S=c1[nH]c2cc(Br)cnc2n1-c1cccc2cccnc12. The van der Waals surface area contributed by atoms with Crippen molar-refractivity contribution in [1.29, 1.82) is 0 Å². The predicted molar refractivity (Wildman–Crippen MR) is 89.3 cm³/mol. The van der Waals surface area contributed by atoms with E-state index in [9.17, 15) is 0 Å². The first-order valence-corrected chi connectivity index (χ1v) is 7.54. The molecule has 0 aliphatic carbocycles. The Balaban J connectivity index is 2.14. The van der Waals surface area contributed by atoms with Crippen molar-refractivity contribution in [3.05, 3.63) is 58.0 Å². The minimum Gasteiger partial charge on any atom is -0.329 e. The molecule has 21 heavy (non-hydrogen) atoms. The molecule has 4 nitrogen and oxygen atoms in total. The fourth-order valence-electron chi connectivity index (χ4n) is 2.46.